The highest BCUT2D eigenvalue weighted by atomic mass is 19.1. The number of rotatable bonds is 7. The standard InChI is InChI=1S/C24H24FN3O4/c1-15-20(14-26-22(29)13-16-8-10-17(25)11-9-16)28-24(32-15)18-5-2-3-6-19(18)27-23(30)21-7-4-12-31-21/h2-3,5-6,8-11,21H,4,7,12-14H2,1H3,(H,26,29)(H,27,30). The van der Waals surface area contributed by atoms with E-state index in [9.17, 15) is 14.0 Å². The lowest BCUT2D eigenvalue weighted by Gasteiger charge is -2.12. The van der Waals surface area contributed by atoms with Crippen LogP contribution in [0.4, 0.5) is 10.1 Å². The Balaban J connectivity index is 1.42. The molecule has 2 amide bonds. The van der Waals surface area contributed by atoms with Gasteiger partial charge in [-0.05, 0) is 49.6 Å². The van der Waals surface area contributed by atoms with Gasteiger partial charge in [0.15, 0.2) is 0 Å². The number of anilines is 1. The number of nitrogens with zero attached hydrogens (tertiary/aromatic N) is 1. The summed E-state index contributed by atoms with van der Waals surface area (Å²) in [7, 11) is 0. The van der Waals surface area contributed by atoms with E-state index in [4.69, 9.17) is 9.15 Å². The predicted molar refractivity (Wildman–Crippen MR) is 116 cm³/mol. The minimum absolute atomic E-state index is 0.141. The number of aryl methyl sites for hydroxylation is 1. The van der Waals surface area contributed by atoms with Crippen molar-refractivity contribution in [2.45, 2.75) is 38.8 Å². The number of carbonyl (C=O) groups is 2. The Bertz CT molecular complexity index is 1100. The van der Waals surface area contributed by atoms with E-state index >= 15 is 0 Å². The molecule has 1 aliphatic rings. The maximum absolute atomic E-state index is 13.0. The number of oxazole rings is 1. The first-order valence-electron chi connectivity index (χ1n) is 10.5. The maximum atomic E-state index is 13.0. The Morgan fingerprint density at radius 2 is 1.94 bits per heavy atom. The van der Waals surface area contributed by atoms with Crippen LogP contribution in [0.3, 0.4) is 0 Å². The van der Waals surface area contributed by atoms with Crippen LogP contribution in [0.5, 0.6) is 0 Å². The van der Waals surface area contributed by atoms with Crippen molar-refractivity contribution >= 4 is 17.5 Å². The molecule has 0 aliphatic carbocycles. The molecule has 1 saturated heterocycles. The molecule has 1 aromatic heterocycles. The lowest BCUT2D eigenvalue weighted by Crippen LogP contribution is -2.27. The number of hydrogen-bond acceptors (Lipinski definition) is 5. The minimum Gasteiger partial charge on any atom is -0.441 e. The van der Waals surface area contributed by atoms with Gasteiger partial charge in [-0.25, -0.2) is 9.37 Å². The van der Waals surface area contributed by atoms with Crippen molar-refractivity contribution in [3.63, 3.8) is 0 Å². The second kappa shape index (κ2) is 9.74. The number of amides is 2. The molecular weight excluding hydrogens is 413 g/mol. The average molecular weight is 437 g/mol. The molecule has 0 saturated carbocycles. The zero-order chi connectivity index (χ0) is 22.5. The van der Waals surface area contributed by atoms with Gasteiger partial charge in [-0.15, -0.1) is 0 Å². The van der Waals surface area contributed by atoms with Crippen LogP contribution in [0.25, 0.3) is 11.5 Å². The van der Waals surface area contributed by atoms with E-state index in [1.54, 1.807) is 25.1 Å². The summed E-state index contributed by atoms with van der Waals surface area (Å²) in [5, 5.41) is 5.71. The van der Waals surface area contributed by atoms with E-state index in [0.29, 0.717) is 41.6 Å². The molecule has 0 radical (unpaired) electrons. The first-order valence-corrected chi connectivity index (χ1v) is 10.5. The van der Waals surface area contributed by atoms with Crippen molar-refractivity contribution < 1.29 is 23.1 Å². The molecule has 0 bridgehead atoms. The molecule has 2 N–H and O–H groups in total. The van der Waals surface area contributed by atoms with Crippen LogP contribution in [0, 0.1) is 12.7 Å². The zero-order valence-electron chi connectivity index (χ0n) is 17.7. The van der Waals surface area contributed by atoms with Crippen molar-refractivity contribution in [3.8, 4) is 11.5 Å². The van der Waals surface area contributed by atoms with E-state index in [-0.39, 0.29) is 30.6 Å². The van der Waals surface area contributed by atoms with Gasteiger partial charge in [0.05, 0.1) is 24.2 Å². The van der Waals surface area contributed by atoms with Crippen LogP contribution in [0.1, 0.15) is 29.9 Å². The van der Waals surface area contributed by atoms with Crippen LogP contribution in [-0.4, -0.2) is 29.5 Å². The normalized spacial score (nSPS) is 15.5. The summed E-state index contributed by atoms with van der Waals surface area (Å²) in [4.78, 5) is 29.2. The van der Waals surface area contributed by atoms with Crippen LogP contribution in [-0.2, 0) is 27.3 Å². The Hall–Kier alpha value is -3.52. The Morgan fingerprint density at radius 3 is 2.69 bits per heavy atom. The van der Waals surface area contributed by atoms with Crippen LogP contribution < -0.4 is 10.6 Å². The third kappa shape index (κ3) is 5.20. The predicted octanol–water partition coefficient (Wildman–Crippen LogP) is 3.77. The van der Waals surface area contributed by atoms with Gasteiger partial charge in [-0.1, -0.05) is 24.3 Å². The number of hydrogen-bond donors (Lipinski definition) is 2. The number of carbonyl (C=O) groups excluding carboxylic acids is 2. The molecule has 4 rings (SSSR count). The molecule has 2 aromatic carbocycles. The number of ether oxygens (including phenoxy) is 1. The molecule has 7 nitrogen and oxygen atoms in total. The molecule has 1 atom stereocenters. The lowest BCUT2D eigenvalue weighted by atomic mass is 10.1. The van der Waals surface area contributed by atoms with Gasteiger partial charge >= 0.3 is 0 Å². The smallest absolute Gasteiger partial charge is 0.253 e. The average Bonchev–Trinajstić information content (AvgIpc) is 3.44. The largest absolute Gasteiger partial charge is 0.441 e. The number of benzene rings is 2. The zero-order valence-corrected chi connectivity index (χ0v) is 17.7. The number of para-hydroxylation sites is 1. The van der Waals surface area contributed by atoms with Crippen molar-refractivity contribution in [2.24, 2.45) is 0 Å². The third-order valence-electron chi connectivity index (χ3n) is 5.26. The van der Waals surface area contributed by atoms with E-state index in [2.05, 4.69) is 15.6 Å². The summed E-state index contributed by atoms with van der Waals surface area (Å²) in [6.45, 7) is 2.56. The first-order chi connectivity index (χ1) is 15.5. The van der Waals surface area contributed by atoms with Gasteiger partial charge in [-0.3, -0.25) is 9.59 Å². The SMILES string of the molecule is Cc1oc(-c2ccccc2NC(=O)C2CCCO2)nc1CNC(=O)Cc1ccc(F)cc1. The summed E-state index contributed by atoms with van der Waals surface area (Å²) in [6.07, 6.45) is 1.27. The molecule has 1 fully saturated rings. The number of halogens is 1. The van der Waals surface area contributed by atoms with E-state index in [1.165, 1.54) is 12.1 Å². The van der Waals surface area contributed by atoms with Gasteiger partial charge < -0.3 is 19.8 Å². The quantitative estimate of drug-likeness (QED) is 0.587. The monoisotopic (exact) mass is 437 g/mol. The summed E-state index contributed by atoms with van der Waals surface area (Å²) in [5.74, 6) is 0.194. The summed E-state index contributed by atoms with van der Waals surface area (Å²) < 4.78 is 24.3. The van der Waals surface area contributed by atoms with Crippen molar-refractivity contribution in [3.05, 3.63) is 71.4 Å². The minimum atomic E-state index is -0.443. The fraction of sp³-hybridized carbons (Fsp3) is 0.292. The molecule has 3 aromatic rings. The van der Waals surface area contributed by atoms with Gasteiger partial charge in [0.25, 0.3) is 5.91 Å². The van der Waals surface area contributed by atoms with E-state index < -0.39 is 6.10 Å². The van der Waals surface area contributed by atoms with Gasteiger partial charge in [0, 0.05) is 6.61 Å². The van der Waals surface area contributed by atoms with E-state index in [0.717, 1.165) is 12.0 Å². The second-order valence-electron chi connectivity index (χ2n) is 7.64. The molecule has 32 heavy (non-hydrogen) atoms. The Labute approximate surface area is 185 Å². The molecule has 1 aliphatic heterocycles. The molecule has 0 spiro atoms. The number of nitrogens with one attached hydrogen (secondary N) is 2. The van der Waals surface area contributed by atoms with Crippen LogP contribution in [0.2, 0.25) is 0 Å². The third-order valence-corrected chi connectivity index (χ3v) is 5.26. The lowest BCUT2D eigenvalue weighted by molar-refractivity contribution is -0.124. The molecule has 8 heteroatoms. The summed E-state index contributed by atoms with van der Waals surface area (Å²) in [5.41, 5.74) is 2.54. The van der Waals surface area contributed by atoms with Gasteiger partial charge in [0.1, 0.15) is 23.4 Å². The number of aromatic nitrogens is 1. The summed E-state index contributed by atoms with van der Waals surface area (Å²) in [6, 6.07) is 13.1. The second-order valence-corrected chi connectivity index (χ2v) is 7.64. The highest BCUT2D eigenvalue weighted by Crippen LogP contribution is 2.29. The highest BCUT2D eigenvalue weighted by Gasteiger charge is 2.25. The first kappa shape index (κ1) is 21.7. The highest BCUT2D eigenvalue weighted by molar-refractivity contribution is 5.97. The topological polar surface area (TPSA) is 93.5 Å². The van der Waals surface area contributed by atoms with Gasteiger partial charge in [-0.2, -0.15) is 0 Å². The summed E-state index contributed by atoms with van der Waals surface area (Å²) >= 11 is 0. The molecular formula is C24H24FN3O4. The van der Waals surface area contributed by atoms with Gasteiger partial charge in [0.2, 0.25) is 11.8 Å². The fourth-order valence-electron chi connectivity index (χ4n) is 3.52. The van der Waals surface area contributed by atoms with Crippen molar-refractivity contribution in [1.82, 2.24) is 10.3 Å². The Kier molecular flexibility index (Phi) is 6.61. The fourth-order valence-corrected chi connectivity index (χ4v) is 3.52. The molecule has 2 heterocycles. The van der Waals surface area contributed by atoms with Crippen molar-refractivity contribution in [2.75, 3.05) is 11.9 Å². The van der Waals surface area contributed by atoms with Crippen molar-refractivity contribution in [1.29, 1.82) is 0 Å². The van der Waals surface area contributed by atoms with Crippen LogP contribution >= 0.6 is 0 Å². The Morgan fingerprint density at radius 1 is 1.16 bits per heavy atom. The molecule has 166 valence electrons. The molecule has 1 unspecified atom stereocenters. The maximum Gasteiger partial charge on any atom is 0.253 e. The van der Waals surface area contributed by atoms with E-state index in [1.807, 2.05) is 18.2 Å². The van der Waals surface area contributed by atoms with Crippen LogP contribution in [0.15, 0.2) is 52.9 Å².